The van der Waals surface area contributed by atoms with Crippen LogP contribution in [0.5, 0.6) is 0 Å². The maximum atomic E-state index is 11.6. The number of nitrogens with zero attached hydrogens (tertiary/aromatic N) is 2. The second-order valence-corrected chi connectivity index (χ2v) is 4.65. The van der Waals surface area contributed by atoms with Crippen LogP contribution in [-0.2, 0) is 16.0 Å². The third-order valence-corrected chi connectivity index (χ3v) is 2.69. The molecular weight excluding hydrogens is 242 g/mol. The van der Waals surface area contributed by atoms with Crippen molar-refractivity contribution < 1.29 is 9.59 Å². The van der Waals surface area contributed by atoms with Crippen molar-refractivity contribution in [3.05, 3.63) is 24.0 Å². The van der Waals surface area contributed by atoms with E-state index in [4.69, 9.17) is 0 Å². The van der Waals surface area contributed by atoms with Crippen LogP contribution in [0, 0.1) is 0 Å². The molecule has 1 aromatic rings. The van der Waals surface area contributed by atoms with E-state index in [9.17, 15) is 9.59 Å². The van der Waals surface area contributed by atoms with E-state index in [0.29, 0.717) is 17.8 Å². The number of nitrogens with one attached hydrogen (secondary N) is 1. The van der Waals surface area contributed by atoms with E-state index in [-0.39, 0.29) is 18.2 Å². The highest BCUT2D eigenvalue weighted by Crippen LogP contribution is 2.10. The topological polar surface area (TPSA) is 62.3 Å². The third kappa shape index (κ3) is 5.50. The Bertz CT molecular complexity index is 444. The number of aromatic nitrogens is 1. The van der Waals surface area contributed by atoms with Gasteiger partial charge in [-0.1, -0.05) is 13.3 Å². The number of hydrogen-bond donors (Lipinski definition) is 1. The highest BCUT2D eigenvalue weighted by molar-refractivity contribution is 5.90. The van der Waals surface area contributed by atoms with Gasteiger partial charge in [-0.15, -0.1) is 0 Å². The molecule has 0 aromatic carbocycles. The van der Waals surface area contributed by atoms with Gasteiger partial charge in [0, 0.05) is 32.4 Å². The summed E-state index contributed by atoms with van der Waals surface area (Å²) in [6, 6.07) is 3.47. The number of pyridine rings is 1. The van der Waals surface area contributed by atoms with Crippen LogP contribution in [0.4, 0.5) is 5.69 Å². The minimum Gasteiger partial charge on any atom is -0.348 e. The molecular formula is C14H21N3O2. The van der Waals surface area contributed by atoms with Crippen LogP contribution < -0.4 is 5.32 Å². The van der Waals surface area contributed by atoms with E-state index >= 15 is 0 Å². The maximum Gasteiger partial charge on any atom is 0.228 e. The lowest BCUT2D eigenvalue weighted by atomic mass is 10.2. The number of hydrogen-bond acceptors (Lipinski definition) is 3. The Kier molecular flexibility index (Phi) is 5.99. The summed E-state index contributed by atoms with van der Waals surface area (Å²) in [7, 11) is 3.41. The summed E-state index contributed by atoms with van der Waals surface area (Å²) < 4.78 is 0. The lowest BCUT2D eigenvalue weighted by Crippen LogP contribution is -2.24. The highest BCUT2D eigenvalue weighted by Gasteiger charge is 2.08. The summed E-state index contributed by atoms with van der Waals surface area (Å²) in [5, 5.41) is 2.82. The zero-order valence-electron chi connectivity index (χ0n) is 11.8. The van der Waals surface area contributed by atoms with Gasteiger partial charge >= 0.3 is 0 Å². The SMILES string of the molecule is CCCCC(=O)Nc1ccnc(CC(=O)N(C)C)c1. The van der Waals surface area contributed by atoms with Gasteiger partial charge in [-0.2, -0.15) is 0 Å². The van der Waals surface area contributed by atoms with Crippen molar-refractivity contribution in [1.29, 1.82) is 0 Å². The van der Waals surface area contributed by atoms with E-state index in [0.717, 1.165) is 12.8 Å². The molecule has 0 bridgehead atoms. The van der Waals surface area contributed by atoms with Gasteiger partial charge in [0.1, 0.15) is 0 Å². The van der Waals surface area contributed by atoms with Crippen LogP contribution in [0.1, 0.15) is 31.9 Å². The molecule has 5 nitrogen and oxygen atoms in total. The molecule has 0 saturated heterocycles. The number of likely N-dealkylation sites (N-methyl/N-ethyl adjacent to an activating group) is 1. The second kappa shape index (κ2) is 7.51. The Morgan fingerprint density at radius 1 is 1.37 bits per heavy atom. The molecule has 0 fully saturated rings. The minimum atomic E-state index is -0.0121. The molecule has 1 rings (SSSR count). The van der Waals surface area contributed by atoms with Gasteiger partial charge < -0.3 is 10.2 Å². The zero-order chi connectivity index (χ0) is 14.3. The maximum absolute atomic E-state index is 11.6. The van der Waals surface area contributed by atoms with Crippen molar-refractivity contribution in [3.8, 4) is 0 Å². The van der Waals surface area contributed by atoms with Crippen LogP contribution in [-0.4, -0.2) is 35.8 Å². The van der Waals surface area contributed by atoms with Crippen molar-refractivity contribution in [3.63, 3.8) is 0 Å². The molecule has 19 heavy (non-hydrogen) atoms. The first kappa shape index (κ1) is 15.1. The molecule has 0 unspecified atom stereocenters. The molecule has 1 N–H and O–H groups in total. The molecule has 1 heterocycles. The number of unbranched alkanes of at least 4 members (excludes halogenated alkanes) is 1. The summed E-state index contributed by atoms with van der Waals surface area (Å²) in [4.78, 5) is 28.8. The van der Waals surface area contributed by atoms with Crippen molar-refractivity contribution >= 4 is 17.5 Å². The van der Waals surface area contributed by atoms with Crippen molar-refractivity contribution in [2.24, 2.45) is 0 Å². The van der Waals surface area contributed by atoms with Crippen molar-refractivity contribution in [2.75, 3.05) is 19.4 Å². The predicted octanol–water partition coefficient (Wildman–Crippen LogP) is 1.84. The molecule has 0 spiro atoms. The lowest BCUT2D eigenvalue weighted by molar-refractivity contribution is -0.128. The molecule has 0 aliphatic rings. The average molecular weight is 263 g/mol. The molecule has 0 saturated carbocycles. The molecule has 5 heteroatoms. The van der Waals surface area contributed by atoms with E-state index in [1.807, 2.05) is 6.92 Å². The summed E-state index contributed by atoms with van der Waals surface area (Å²) >= 11 is 0. The van der Waals surface area contributed by atoms with Gasteiger partial charge in [-0.25, -0.2) is 0 Å². The number of amides is 2. The fourth-order valence-electron chi connectivity index (χ4n) is 1.53. The number of rotatable bonds is 6. The predicted molar refractivity (Wildman–Crippen MR) is 74.8 cm³/mol. The van der Waals surface area contributed by atoms with Crippen LogP contribution in [0.3, 0.4) is 0 Å². The minimum absolute atomic E-state index is 0.00191. The number of anilines is 1. The smallest absolute Gasteiger partial charge is 0.228 e. The monoisotopic (exact) mass is 263 g/mol. The van der Waals surface area contributed by atoms with E-state index in [1.165, 1.54) is 4.90 Å². The van der Waals surface area contributed by atoms with Gasteiger partial charge in [0.25, 0.3) is 0 Å². The zero-order valence-corrected chi connectivity index (χ0v) is 11.8. The molecule has 2 amide bonds. The lowest BCUT2D eigenvalue weighted by Gasteiger charge is -2.10. The molecule has 0 aliphatic carbocycles. The third-order valence-electron chi connectivity index (χ3n) is 2.69. The Morgan fingerprint density at radius 2 is 2.11 bits per heavy atom. The normalized spacial score (nSPS) is 10.1. The van der Waals surface area contributed by atoms with E-state index in [1.54, 1.807) is 32.4 Å². The Hall–Kier alpha value is -1.91. The molecule has 0 aliphatic heterocycles. The van der Waals surface area contributed by atoms with Crippen LogP contribution in [0.15, 0.2) is 18.3 Å². The Balaban J connectivity index is 2.61. The fraction of sp³-hybridized carbons (Fsp3) is 0.500. The number of carbonyl (C=O) groups excluding carboxylic acids is 2. The van der Waals surface area contributed by atoms with Crippen LogP contribution >= 0.6 is 0 Å². The van der Waals surface area contributed by atoms with Gasteiger partial charge in [0.2, 0.25) is 11.8 Å². The molecule has 0 radical (unpaired) electrons. The molecule has 0 atom stereocenters. The largest absolute Gasteiger partial charge is 0.348 e. The summed E-state index contributed by atoms with van der Waals surface area (Å²) in [5.74, 6) is -0.0140. The first-order valence-electron chi connectivity index (χ1n) is 6.48. The Morgan fingerprint density at radius 3 is 2.74 bits per heavy atom. The quantitative estimate of drug-likeness (QED) is 0.852. The first-order valence-corrected chi connectivity index (χ1v) is 6.48. The summed E-state index contributed by atoms with van der Waals surface area (Å²) in [6.07, 6.45) is 4.24. The molecule has 1 aromatic heterocycles. The fourth-order valence-corrected chi connectivity index (χ4v) is 1.53. The summed E-state index contributed by atoms with van der Waals surface area (Å²) in [5.41, 5.74) is 1.35. The number of carbonyl (C=O) groups is 2. The standard InChI is InChI=1S/C14H21N3O2/c1-4-5-6-13(18)16-11-7-8-15-12(9-11)10-14(19)17(2)3/h7-9H,4-6,10H2,1-3H3,(H,15,16,18). The van der Waals surface area contributed by atoms with Gasteiger partial charge in [0.15, 0.2) is 0 Å². The van der Waals surface area contributed by atoms with Gasteiger partial charge in [0.05, 0.1) is 12.1 Å². The van der Waals surface area contributed by atoms with Crippen molar-refractivity contribution in [1.82, 2.24) is 9.88 Å². The molecule has 104 valence electrons. The van der Waals surface area contributed by atoms with Crippen LogP contribution in [0.2, 0.25) is 0 Å². The second-order valence-electron chi connectivity index (χ2n) is 4.65. The van der Waals surface area contributed by atoms with Crippen LogP contribution in [0.25, 0.3) is 0 Å². The van der Waals surface area contributed by atoms with Gasteiger partial charge in [-0.05, 0) is 18.6 Å². The Labute approximate surface area is 114 Å². The van der Waals surface area contributed by atoms with Gasteiger partial charge in [-0.3, -0.25) is 14.6 Å². The van der Waals surface area contributed by atoms with Crippen molar-refractivity contribution in [2.45, 2.75) is 32.6 Å². The summed E-state index contributed by atoms with van der Waals surface area (Å²) in [6.45, 7) is 2.05. The highest BCUT2D eigenvalue weighted by atomic mass is 16.2. The van der Waals surface area contributed by atoms with E-state index < -0.39 is 0 Å². The average Bonchev–Trinajstić information content (AvgIpc) is 2.36. The first-order chi connectivity index (χ1) is 9.02. The van der Waals surface area contributed by atoms with E-state index in [2.05, 4.69) is 10.3 Å².